The van der Waals surface area contributed by atoms with E-state index in [1.165, 1.54) is 0 Å². The van der Waals surface area contributed by atoms with Crippen LogP contribution in [0.15, 0.2) is 67.8 Å². The van der Waals surface area contributed by atoms with Crippen LogP contribution in [0.25, 0.3) is 6.08 Å². The third-order valence-electron chi connectivity index (χ3n) is 4.40. The Morgan fingerprint density at radius 1 is 0.903 bits per heavy atom. The first-order valence-electron chi connectivity index (χ1n) is 10.7. The Morgan fingerprint density at radius 3 is 2.19 bits per heavy atom. The molecule has 0 spiro atoms. The van der Waals surface area contributed by atoms with Gasteiger partial charge in [0, 0.05) is 17.2 Å². The van der Waals surface area contributed by atoms with Gasteiger partial charge in [-0.3, -0.25) is 4.79 Å². The Morgan fingerprint density at radius 2 is 1.58 bits per heavy atom. The van der Waals surface area contributed by atoms with Crippen molar-refractivity contribution in [1.29, 1.82) is 0 Å². The lowest BCUT2D eigenvalue weighted by atomic mass is 10.0. The number of carbonyl (C=O) groups is 1. The molecule has 0 radical (unpaired) electrons. The lowest BCUT2D eigenvalue weighted by molar-refractivity contribution is 0.104. The molecule has 2 aromatic rings. The lowest BCUT2D eigenvalue weighted by Crippen LogP contribution is -2.03. The summed E-state index contributed by atoms with van der Waals surface area (Å²) in [6.45, 7) is 13.3. The van der Waals surface area contributed by atoms with Gasteiger partial charge in [0.05, 0.1) is 13.2 Å². The molecule has 4 heteroatoms. The first-order chi connectivity index (χ1) is 15.1. The maximum atomic E-state index is 12.7. The molecule has 0 amide bonds. The minimum Gasteiger partial charge on any atom is -0.493 e. The highest BCUT2D eigenvalue weighted by atomic mass is 16.5. The number of benzene rings is 2. The van der Waals surface area contributed by atoms with Crippen molar-refractivity contribution in [2.24, 2.45) is 0 Å². The number of hydrogen-bond donors (Lipinski definition) is 0. The van der Waals surface area contributed by atoms with Crippen LogP contribution in [0.2, 0.25) is 0 Å². The average molecular weight is 421 g/mol. The van der Waals surface area contributed by atoms with Crippen molar-refractivity contribution >= 4 is 11.9 Å². The van der Waals surface area contributed by atoms with E-state index in [1.54, 1.807) is 42.5 Å². The van der Waals surface area contributed by atoms with Crippen molar-refractivity contribution in [3.63, 3.8) is 0 Å². The Labute approximate surface area is 185 Å². The molecule has 0 saturated carbocycles. The van der Waals surface area contributed by atoms with Gasteiger partial charge in [0.1, 0.15) is 23.9 Å². The summed E-state index contributed by atoms with van der Waals surface area (Å²) >= 11 is 0. The first kappa shape index (κ1) is 24.0. The summed E-state index contributed by atoms with van der Waals surface area (Å²) in [4.78, 5) is 12.7. The van der Waals surface area contributed by atoms with Gasteiger partial charge in [-0.05, 0) is 67.3 Å². The zero-order valence-corrected chi connectivity index (χ0v) is 18.6. The van der Waals surface area contributed by atoms with Crippen LogP contribution in [-0.4, -0.2) is 25.6 Å². The highest BCUT2D eigenvalue weighted by molar-refractivity contribution is 6.07. The molecule has 0 heterocycles. The maximum absolute atomic E-state index is 12.7. The van der Waals surface area contributed by atoms with E-state index in [1.807, 2.05) is 18.2 Å². The Hall–Kier alpha value is -3.27. The number of carbonyl (C=O) groups excluding carboxylic acids is 1. The summed E-state index contributed by atoms with van der Waals surface area (Å²) in [7, 11) is 0. The zero-order valence-electron chi connectivity index (χ0n) is 18.6. The molecule has 0 fully saturated rings. The molecule has 164 valence electrons. The predicted molar refractivity (Wildman–Crippen MR) is 127 cm³/mol. The summed E-state index contributed by atoms with van der Waals surface area (Å²) in [5, 5.41) is 0. The van der Waals surface area contributed by atoms with Crippen molar-refractivity contribution < 1.29 is 19.0 Å². The number of allylic oxidation sites excluding steroid dienone is 2. The Kier molecular flexibility index (Phi) is 10.2. The zero-order chi connectivity index (χ0) is 22.5. The summed E-state index contributed by atoms with van der Waals surface area (Å²) in [6, 6.07) is 11.0. The fourth-order valence-electron chi connectivity index (χ4n) is 2.89. The summed E-state index contributed by atoms with van der Waals surface area (Å²) in [6.07, 6.45) is 9.38. The second kappa shape index (κ2) is 13.1. The molecule has 0 aromatic heterocycles. The minimum absolute atomic E-state index is 0.0895. The topological polar surface area (TPSA) is 44.8 Å². The van der Waals surface area contributed by atoms with Gasteiger partial charge >= 0.3 is 0 Å². The number of ketones is 1. The van der Waals surface area contributed by atoms with Crippen LogP contribution in [0, 0.1) is 0 Å². The lowest BCUT2D eigenvalue weighted by Gasteiger charge is -2.15. The quantitative estimate of drug-likeness (QED) is 0.200. The second-order valence-corrected chi connectivity index (χ2v) is 7.01. The molecule has 0 aliphatic rings. The summed E-state index contributed by atoms with van der Waals surface area (Å²) in [5.74, 6) is 2.12. The Balaban J connectivity index is 2.28. The highest BCUT2D eigenvalue weighted by Crippen LogP contribution is 2.31. The molecule has 2 aromatic carbocycles. The van der Waals surface area contributed by atoms with Gasteiger partial charge in [-0.15, -0.1) is 6.58 Å². The van der Waals surface area contributed by atoms with Crippen molar-refractivity contribution in [3.8, 4) is 17.2 Å². The number of rotatable bonds is 14. The molecule has 31 heavy (non-hydrogen) atoms. The van der Waals surface area contributed by atoms with Gasteiger partial charge in [0.25, 0.3) is 0 Å². The largest absolute Gasteiger partial charge is 0.493 e. The predicted octanol–water partition coefficient (Wildman–Crippen LogP) is 6.45. The van der Waals surface area contributed by atoms with Crippen molar-refractivity contribution in [2.75, 3.05) is 19.8 Å². The first-order valence-corrected chi connectivity index (χ1v) is 10.7. The molecule has 2 rings (SSSR count). The van der Waals surface area contributed by atoms with E-state index in [0.29, 0.717) is 43.3 Å². The maximum Gasteiger partial charge on any atom is 0.185 e. The fraction of sp³-hybridized carbons (Fsp3) is 0.296. The molecule has 0 saturated heterocycles. The third kappa shape index (κ3) is 7.49. The third-order valence-corrected chi connectivity index (χ3v) is 4.40. The van der Waals surface area contributed by atoms with Gasteiger partial charge in [-0.2, -0.15) is 0 Å². The smallest absolute Gasteiger partial charge is 0.185 e. The fourth-order valence-corrected chi connectivity index (χ4v) is 2.89. The molecular formula is C27H32O4. The molecule has 4 nitrogen and oxygen atoms in total. The Bertz CT molecular complexity index is 894. The van der Waals surface area contributed by atoms with E-state index in [0.717, 1.165) is 29.7 Å². The number of hydrogen-bond acceptors (Lipinski definition) is 4. The monoisotopic (exact) mass is 420 g/mol. The second-order valence-electron chi connectivity index (χ2n) is 7.01. The van der Waals surface area contributed by atoms with Crippen LogP contribution in [0.3, 0.4) is 0 Å². The molecule has 0 unspecified atom stereocenters. The van der Waals surface area contributed by atoms with Crippen LogP contribution < -0.4 is 14.2 Å². The standard InChI is InChI=1S/C27H32O4/c1-5-9-22-19-23(27(31-18-8-4)20-26(22)30-17-7-3)12-15-25(28)21-10-13-24(14-11-21)29-16-6-2/h5-6,10-15,19-20H,1-2,7-9,16-18H2,3-4H3/b15-12+. The average Bonchev–Trinajstić information content (AvgIpc) is 2.80. The molecular weight excluding hydrogens is 388 g/mol. The normalized spacial score (nSPS) is 10.6. The molecule has 0 aliphatic carbocycles. The van der Waals surface area contributed by atoms with Gasteiger partial charge in [0.15, 0.2) is 5.78 Å². The van der Waals surface area contributed by atoms with E-state index >= 15 is 0 Å². The SMILES string of the molecule is C=CCOc1ccc(C(=O)/C=C/c2cc(CC=C)c(OCCC)cc2OCCC)cc1. The molecule has 0 bridgehead atoms. The van der Waals surface area contributed by atoms with Gasteiger partial charge in [-0.25, -0.2) is 0 Å². The summed E-state index contributed by atoms with van der Waals surface area (Å²) in [5.41, 5.74) is 2.45. The van der Waals surface area contributed by atoms with Crippen molar-refractivity contribution in [2.45, 2.75) is 33.1 Å². The van der Waals surface area contributed by atoms with E-state index in [4.69, 9.17) is 14.2 Å². The van der Waals surface area contributed by atoms with Gasteiger partial charge < -0.3 is 14.2 Å². The molecule has 0 atom stereocenters. The van der Waals surface area contributed by atoms with Crippen LogP contribution in [0.1, 0.15) is 48.2 Å². The van der Waals surface area contributed by atoms with Gasteiger partial charge in [-0.1, -0.05) is 32.6 Å². The van der Waals surface area contributed by atoms with Crippen LogP contribution in [-0.2, 0) is 6.42 Å². The number of ether oxygens (including phenoxy) is 3. The van der Waals surface area contributed by atoms with Crippen LogP contribution >= 0.6 is 0 Å². The van der Waals surface area contributed by atoms with Gasteiger partial charge in [0.2, 0.25) is 0 Å². The van der Waals surface area contributed by atoms with Crippen molar-refractivity contribution in [1.82, 2.24) is 0 Å². The summed E-state index contributed by atoms with van der Waals surface area (Å²) < 4.78 is 17.3. The van der Waals surface area contributed by atoms with E-state index < -0.39 is 0 Å². The highest BCUT2D eigenvalue weighted by Gasteiger charge is 2.11. The minimum atomic E-state index is -0.0895. The molecule has 0 aliphatic heterocycles. The van der Waals surface area contributed by atoms with E-state index in [-0.39, 0.29) is 5.78 Å². The molecule has 0 N–H and O–H groups in total. The van der Waals surface area contributed by atoms with Crippen molar-refractivity contribution in [3.05, 3.63) is 84.5 Å². The van der Waals surface area contributed by atoms with E-state index in [9.17, 15) is 4.79 Å². The van der Waals surface area contributed by atoms with E-state index in [2.05, 4.69) is 27.0 Å². The van der Waals surface area contributed by atoms with Crippen LogP contribution in [0.4, 0.5) is 0 Å². The van der Waals surface area contributed by atoms with Crippen LogP contribution in [0.5, 0.6) is 17.2 Å².